The van der Waals surface area contributed by atoms with Crippen molar-refractivity contribution >= 4 is 17.0 Å². The molecule has 0 radical (unpaired) electrons. The van der Waals surface area contributed by atoms with Crippen molar-refractivity contribution in [3.8, 4) is 17.1 Å². The maximum Gasteiger partial charge on any atom is 0.335 e. The first-order chi connectivity index (χ1) is 10.1. The number of carboxylic acids is 1. The van der Waals surface area contributed by atoms with Crippen molar-refractivity contribution in [3.63, 3.8) is 0 Å². The molecule has 3 aromatic rings. The van der Waals surface area contributed by atoms with E-state index in [1.807, 2.05) is 17.7 Å². The Hall–Kier alpha value is -2.89. The number of aromatic carboxylic acids is 1. The van der Waals surface area contributed by atoms with Crippen molar-refractivity contribution in [2.45, 2.75) is 0 Å². The molecule has 3 rings (SSSR count). The minimum Gasteiger partial charge on any atom is -0.494 e. The predicted molar refractivity (Wildman–Crippen MR) is 77.5 cm³/mol. The molecule has 0 aliphatic heterocycles. The molecule has 1 N–H and O–H groups in total. The van der Waals surface area contributed by atoms with Gasteiger partial charge in [-0.2, -0.15) is 0 Å². The summed E-state index contributed by atoms with van der Waals surface area (Å²) in [5.41, 5.74) is 2.51. The maximum atomic E-state index is 11.0. The molecule has 0 bridgehead atoms. The number of aryl methyl sites for hydroxylation is 1. The molecule has 0 aliphatic rings. The summed E-state index contributed by atoms with van der Waals surface area (Å²) >= 11 is 0. The van der Waals surface area contributed by atoms with Gasteiger partial charge >= 0.3 is 5.97 Å². The number of benzene rings is 1. The number of rotatable bonds is 3. The van der Waals surface area contributed by atoms with Gasteiger partial charge in [0, 0.05) is 13.2 Å². The van der Waals surface area contributed by atoms with Gasteiger partial charge < -0.3 is 14.4 Å². The Morgan fingerprint density at radius 2 is 2.14 bits per heavy atom. The van der Waals surface area contributed by atoms with Crippen molar-refractivity contribution in [3.05, 3.63) is 42.2 Å². The summed E-state index contributed by atoms with van der Waals surface area (Å²) in [6, 6.07) is 6.70. The number of nitrogens with zero attached hydrogens (tertiary/aromatic N) is 3. The number of carboxylic acid groups (broad SMARTS) is 1. The van der Waals surface area contributed by atoms with Crippen molar-refractivity contribution in [2.75, 3.05) is 7.11 Å². The Labute approximate surface area is 120 Å². The molecule has 106 valence electrons. The summed E-state index contributed by atoms with van der Waals surface area (Å²) in [4.78, 5) is 19.6. The Balaban J connectivity index is 2.24. The zero-order valence-electron chi connectivity index (χ0n) is 11.6. The molecule has 0 aliphatic carbocycles. The fourth-order valence-electron chi connectivity index (χ4n) is 2.30. The number of ether oxygens (including phenoxy) is 1. The predicted octanol–water partition coefficient (Wildman–Crippen LogP) is 2.34. The monoisotopic (exact) mass is 283 g/mol. The third kappa shape index (κ3) is 2.10. The number of aromatic nitrogens is 3. The zero-order valence-corrected chi connectivity index (χ0v) is 11.6. The number of methoxy groups -OCH3 is 1. The molecular weight excluding hydrogens is 270 g/mol. The molecule has 1 aromatic carbocycles. The second-order valence-corrected chi connectivity index (χ2v) is 4.58. The van der Waals surface area contributed by atoms with Crippen LogP contribution in [0.3, 0.4) is 0 Å². The van der Waals surface area contributed by atoms with Gasteiger partial charge in [0.15, 0.2) is 0 Å². The van der Waals surface area contributed by atoms with Crippen LogP contribution in [-0.2, 0) is 7.05 Å². The summed E-state index contributed by atoms with van der Waals surface area (Å²) in [6.45, 7) is 0. The van der Waals surface area contributed by atoms with Crippen LogP contribution in [0.15, 0.2) is 36.7 Å². The molecule has 2 aromatic heterocycles. The number of carbonyl (C=O) groups is 1. The largest absolute Gasteiger partial charge is 0.494 e. The van der Waals surface area contributed by atoms with Gasteiger partial charge in [0.25, 0.3) is 0 Å². The van der Waals surface area contributed by atoms with Gasteiger partial charge in [0.1, 0.15) is 11.6 Å². The standard InChI is InChI=1S/C15H13N3O3/c1-18-12-4-3-9(15(19)20)7-11(12)17-14(18)10-5-6-16-8-13(10)21-2/h3-8H,1-2H3,(H,19,20). The molecule has 6 heteroatoms. The van der Waals surface area contributed by atoms with Gasteiger partial charge in [-0.1, -0.05) is 0 Å². The first-order valence-corrected chi connectivity index (χ1v) is 6.30. The lowest BCUT2D eigenvalue weighted by molar-refractivity contribution is 0.0697. The molecule has 21 heavy (non-hydrogen) atoms. The number of hydrogen-bond acceptors (Lipinski definition) is 4. The molecule has 0 saturated heterocycles. The normalized spacial score (nSPS) is 10.8. The van der Waals surface area contributed by atoms with Crippen LogP contribution >= 0.6 is 0 Å². The topological polar surface area (TPSA) is 77.2 Å². The van der Waals surface area contributed by atoms with Gasteiger partial charge in [0.2, 0.25) is 0 Å². The number of hydrogen-bond donors (Lipinski definition) is 1. The van der Waals surface area contributed by atoms with E-state index < -0.39 is 5.97 Å². The minimum atomic E-state index is -0.967. The summed E-state index contributed by atoms with van der Waals surface area (Å²) in [5, 5.41) is 9.06. The Morgan fingerprint density at radius 3 is 2.86 bits per heavy atom. The van der Waals surface area contributed by atoms with E-state index in [9.17, 15) is 4.79 Å². The fraction of sp³-hybridized carbons (Fsp3) is 0.133. The average molecular weight is 283 g/mol. The van der Waals surface area contributed by atoms with E-state index in [-0.39, 0.29) is 5.56 Å². The highest BCUT2D eigenvalue weighted by Crippen LogP contribution is 2.30. The van der Waals surface area contributed by atoms with Crippen molar-refractivity contribution in [1.82, 2.24) is 14.5 Å². The molecule has 0 saturated carbocycles. The molecule has 0 fully saturated rings. The van der Waals surface area contributed by atoms with Crippen LogP contribution in [0.2, 0.25) is 0 Å². The van der Waals surface area contributed by atoms with Crippen LogP contribution in [0, 0.1) is 0 Å². The van der Waals surface area contributed by atoms with E-state index in [4.69, 9.17) is 9.84 Å². The lowest BCUT2D eigenvalue weighted by Gasteiger charge is -2.07. The maximum absolute atomic E-state index is 11.0. The van der Waals surface area contributed by atoms with Crippen LogP contribution in [0.4, 0.5) is 0 Å². The molecular formula is C15H13N3O3. The first-order valence-electron chi connectivity index (χ1n) is 6.30. The average Bonchev–Trinajstić information content (AvgIpc) is 2.83. The highest BCUT2D eigenvalue weighted by Gasteiger charge is 2.15. The third-order valence-electron chi connectivity index (χ3n) is 3.37. The zero-order chi connectivity index (χ0) is 15.0. The van der Waals surface area contributed by atoms with Crippen LogP contribution in [0.1, 0.15) is 10.4 Å². The van der Waals surface area contributed by atoms with Crippen LogP contribution in [-0.4, -0.2) is 32.7 Å². The summed E-state index contributed by atoms with van der Waals surface area (Å²) in [6.07, 6.45) is 3.29. The summed E-state index contributed by atoms with van der Waals surface area (Å²) < 4.78 is 7.20. The summed E-state index contributed by atoms with van der Waals surface area (Å²) in [7, 11) is 3.46. The Bertz CT molecular complexity index is 839. The molecule has 0 spiro atoms. The Morgan fingerprint density at radius 1 is 1.33 bits per heavy atom. The van der Waals surface area contributed by atoms with E-state index >= 15 is 0 Å². The fourth-order valence-corrected chi connectivity index (χ4v) is 2.30. The highest BCUT2D eigenvalue weighted by atomic mass is 16.5. The van der Waals surface area contributed by atoms with Crippen LogP contribution in [0.5, 0.6) is 5.75 Å². The number of imidazole rings is 1. The molecule has 0 unspecified atom stereocenters. The van der Waals surface area contributed by atoms with Gasteiger partial charge in [-0.3, -0.25) is 4.98 Å². The first kappa shape index (κ1) is 13.1. The minimum absolute atomic E-state index is 0.217. The second kappa shape index (κ2) is 4.90. The lowest BCUT2D eigenvalue weighted by atomic mass is 10.2. The van der Waals surface area contributed by atoms with Crippen molar-refractivity contribution in [1.29, 1.82) is 0 Å². The van der Waals surface area contributed by atoms with E-state index in [1.165, 1.54) is 0 Å². The number of fused-ring (bicyclic) bond motifs is 1. The van der Waals surface area contributed by atoms with Crippen LogP contribution in [0.25, 0.3) is 22.4 Å². The molecule has 2 heterocycles. The van der Waals surface area contributed by atoms with E-state index in [0.29, 0.717) is 17.1 Å². The van der Waals surface area contributed by atoms with E-state index in [1.54, 1.807) is 37.7 Å². The molecule has 0 amide bonds. The molecule has 0 atom stereocenters. The quantitative estimate of drug-likeness (QED) is 0.798. The smallest absolute Gasteiger partial charge is 0.335 e. The van der Waals surface area contributed by atoms with Gasteiger partial charge in [-0.25, -0.2) is 9.78 Å². The highest BCUT2D eigenvalue weighted by molar-refractivity contribution is 5.93. The van der Waals surface area contributed by atoms with Crippen LogP contribution < -0.4 is 4.74 Å². The SMILES string of the molecule is COc1cnccc1-c1nc2cc(C(=O)O)ccc2n1C. The lowest BCUT2D eigenvalue weighted by Crippen LogP contribution is -1.96. The Kier molecular flexibility index (Phi) is 3.06. The van der Waals surface area contributed by atoms with E-state index in [2.05, 4.69) is 9.97 Å². The molecule has 6 nitrogen and oxygen atoms in total. The van der Waals surface area contributed by atoms with Gasteiger partial charge in [-0.05, 0) is 24.3 Å². The number of pyridine rings is 1. The van der Waals surface area contributed by atoms with Crippen molar-refractivity contribution in [2.24, 2.45) is 7.05 Å². The second-order valence-electron chi connectivity index (χ2n) is 4.58. The summed E-state index contributed by atoms with van der Waals surface area (Å²) in [5.74, 6) is 0.353. The third-order valence-corrected chi connectivity index (χ3v) is 3.37. The van der Waals surface area contributed by atoms with Crippen molar-refractivity contribution < 1.29 is 14.6 Å². The van der Waals surface area contributed by atoms with Gasteiger partial charge in [-0.15, -0.1) is 0 Å². The van der Waals surface area contributed by atoms with E-state index in [0.717, 1.165) is 11.1 Å². The van der Waals surface area contributed by atoms with Gasteiger partial charge in [0.05, 0.1) is 35.5 Å².